The molecular weight excluding hydrogens is 480 g/mol. The number of rotatable bonds is 8. The van der Waals surface area contributed by atoms with Crippen molar-refractivity contribution in [1.29, 1.82) is 0 Å². The lowest BCUT2D eigenvalue weighted by atomic mass is 9.98. The molecule has 14 nitrogen and oxygen atoms in total. The van der Waals surface area contributed by atoms with Gasteiger partial charge in [0.2, 0.25) is 6.10 Å². The molecule has 5 atom stereocenters. The van der Waals surface area contributed by atoms with Gasteiger partial charge in [-0.2, -0.15) is 0 Å². The van der Waals surface area contributed by atoms with Gasteiger partial charge in [0, 0.05) is 38.9 Å². The molecule has 0 unspecified atom stereocenters. The monoisotopic (exact) mass is 506 g/mol. The van der Waals surface area contributed by atoms with Crippen LogP contribution in [0.15, 0.2) is 30.5 Å². The number of hydrogen-bond donors (Lipinski definition) is 1. The molecule has 0 radical (unpaired) electrons. The Hall–Kier alpha value is -4.20. The highest BCUT2D eigenvalue weighted by molar-refractivity contribution is 5.72. The SMILES string of the molecule is CC(=O)OC[C@H]1O[C@H](On2cc(-c3ccccc3N)nn2)[C@@H](OC(C)=O)[C@@H](OC(C)=O)[C@@H]1OC(C)=O. The van der Waals surface area contributed by atoms with Crippen LogP contribution >= 0.6 is 0 Å². The van der Waals surface area contributed by atoms with Crippen molar-refractivity contribution >= 4 is 29.6 Å². The summed E-state index contributed by atoms with van der Waals surface area (Å²) in [5.41, 5.74) is 7.41. The molecule has 36 heavy (non-hydrogen) atoms. The topological polar surface area (TPSA) is 180 Å². The van der Waals surface area contributed by atoms with Crippen LogP contribution in [0, 0.1) is 0 Å². The Balaban J connectivity index is 1.95. The van der Waals surface area contributed by atoms with Crippen LogP contribution in [0.4, 0.5) is 5.69 Å². The van der Waals surface area contributed by atoms with Crippen LogP contribution < -0.4 is 10.6 Å². The Labute approximate surface area is 205 Å². The van der Waals surface area contributed by atoms with Crippen molar-refractivity contribution < 1.29 is 47.7 Å². The van der Waals surface area contributed by atoms with Crippen LogP contribution in [-0.4, -0.2) is 76.3 Å². The Kier molecular flexibility index (Phi) is 8.42. The average Bonchev–Trinajstić information content (AvgIpc) is 3.24. The molecule has 1 aromatic heterocycles. The largest absolute Gasteiger partial charge is 0.463 e. The molecule has 1 aliphatic heterocycles. The zero-order valence-corrected chi connectivity index (χ0v) is 20.0. The fraction of sp³-hybridized carbons (Fsp3) is 0.455. The minimum atomic E-state index is -1.45. The fourth-order valence-corrected chi connectivity index (χ4v) is 3.53. The molecule has 0 amide bonds. The van der Waals surface area contributed by atoms with E-state index in [0.717, 1.165) is 25.6 Å². The number of benzene rings is 1. The van der Waals surface area contributed by atoms with E-state index in [4.69, 9.17) is 34.3 Å². The minimum Gasteiger partial charge on any atom is -0.463 e. The maximum absolute atomic E-state index is 11.9. The van der Waals surface area contributed by atoms with E-state index in [9.17, 15) is 19.2 Å². The molecular formula is C22H26N4O10. The molecule has 2 N–H and O–H groups in total. The van der Waals surface area contributed by atoms with Gasteiger partial charge >= 0.3 is 23.9 Å². The number of anilines is 1. The molecule has 0 bridgehead atoms. The molecule has 0 spiro atoms. The first kappa shape index (κ1) is 26.4. The first-order valence-corrected chi connectivity index (χ1v) is 10.8. The number of hydrogen-bond acceptors (Lipinski definition) is 13. The summed E-state index contributed by atoms with van der Waals surface area (Å²) in [5.74, 6) is -2.89. The van der Waals surface area contributed by atoms with Gasteiger partial charge in [0.05, 0.1) is 6.20 Å². The first-order chi connectivity index (χ1) is 17.0. The normalized spacial score (nSPS) is 23.3. The highest BCUT2D eigenvalue weighted by Crippen LogP contribution is 2.29. The Bertz CT molecular complexity index is 1120. The van der Waals surface area contributed by atoms with Gasteiger partial charge in [-0.25, -0.2) is 0 Å². The third kappa shape index (κ3) is 6.69. The second-order valence-corrected chi connectivity index (χ2v) is 7.77. The number of carbonyl (C=O) groups is 4. The lowest BCUT2D eigenvalue weighted by Gasteiger charge is -2.43. The van der Waals surface area contributed by atoms with Gasteiger partial charge < -0.3 is 34.3 Å². The van der Waals surface area contributed by atoms with E-state index < -0.39 is 54.6 Å². The predicted molar refractivity (Wildman–Crippen MR) is 118 cm³/mol. The van der Waals surface area contributed by atoms with Crippen molar-refractivity contribution in [3.8, 4) is 11.3 Å². The molecule has 0 saturated carbocycles. The van der Waals surface area contributed by atoms with Crippen LogP contribution in [-0.2, 0) is 42.9 Å². The Morgan fingerprint density at radius 2 is 1.53 bits per heavy atom. The molecule has 194 valence electrons. The van der Waals surface area contributed by atoms with E-state index in [1.54, 1.807) is 24.3 Å². The first-order valence-electron chi connectivity index (χ1n) is 10.8. The van der Waals surface area contributed by atoms with Crippen molar-refractivity contribution in [1.82, 2.24) is 15.2 Å². The highest BCUT2D eigenvalue weighted by atomic mass is 16.8. The molecule has 3 rings (SSSR count). The number of nitrogen functional groups attached to an aromatic ring is 1. The van der Waals surface area contributed by atoms with E-state index >= 15 is 0 Å². The van der Waals surface area contributed by atoms with Gasteiger partial charge in [0.25, 0.3) is 6.29 Å². The van der Waals surface area contributed by atoms with Crippen molar-refractivity contribution in [2.45, 2.75) is 58.4 Å². The second kappa shape index (κ2) is 11.5. The summed E-state index contributed by atoms with van der Waals surface area (Å²) in [4.78, 5) is 53.7. The van der Waals surface area contributed by atoms with E-state index in [0.29, 0.717) is 16.9 Å². The summed E-state index contributed by atoms with van der Waals surface area (Å²) in [7, 11) is 0. The average molecular weight is 506 g/mol. The maximum Gasteiger partial charge on any atom is 0.303 e. The third-order valence-electron chi connectivity index (χ3n) is 4.87. The summed E-state index contributed by atoms with van der Waals surface area (Å²) in [6.45, 7) is 4.16. The van der Waals surface area contributed by atoms with Crippen molar-refractivity contribution in [2.75, 3.05) is 12.3 Å². The van der Waals surface area contributed by atoms with Crippen LogP contribution in [0.2, 0.25) is 0 Å². The van der Waals surface area contributed by atoms with Crippen molar-refractivity contribution in [3.63, 3.8) is 0 Å². The zero-order valence-electron chi connectivity index (χ0n) is 20.0. The number of nitrogens with two attached hydrogens (primary N) is 1. The van der Waals surface area contributed by atoms with Gasteiger partial charge in [-0.15, -0.1) is 5.10 Å². The molecule has 1 aliphatic rings. The fourth-order valence-electron chi connectivity index (χ4n) is 3.53. The molecule has 1 saturated heterocycles. The zero-order chi connectivity index (χ0) is 26.4. The lowest BCUT2D eigenvalue weighted by Crippen LogP contribution is -2.64. The Morgan fingerprint density at radius 3 is 2.14 bits per heavy atom. The van der Waals surface area contributed by atoms with E-state index in [-0.39, 0.29) is 6.61 Å². The standard InChI is InChI=1S/C22H26N4O10/c1-11(27)31-10-18-19(32-12(2)28)20(33-13(3)29)21(34-14(4)30)22(35-18)36-26-9-17(24-25-26)15-7-5-6-8-16(15)23/h5-9,18-22H,10,23H2,1-4H3/t18-,19-,20+,21+,22-/m1/s1. The number of carbonyl (C=O) groups excluding carboxylic acids is 4. The van der Waals surface area contributed by atoms with Gasteiger partial charge in [0.15, 0.2) is 12.2 Å². The summed E-state index contributed by atoms with van der Waals surface area (Å²) < 4.78 is 26.9. The van der Waals surface area contributed by atoms with Crippen LogP contribution in [0.5, 0.6) is 0 Å². The summed E-state index contributed by atoms with van der Waals surface area (Å²) in [5, 5.41) is 7.90. The number of esters is 4. The summed E-state index contributed by atoms with van der Waals surface area (Å²) in [6.07, 6.45) is -5.29. The van der Waals surface area contributed by atoms with Gasteiger partial charge in [0.1, 0.15) is 18.4 Å². The quantitative estimate of drug-likeness (QED) is 0.288. The minimum absolute atomic E-state index is 0.374. The van der Waals surface area contributed by atoms with E-state index in [2.05, 4.69) is 10.3 Å². The summed E-state index contributed by atoms with van der Waals surface area (Å²) >= 11 is 0. The van der Waals surface area contributed by atoms with E-state index in [1.807, 2.05) is 0 Å². The number of ether oxygens (including phenoxy) is 5. The van der Waals surface area contributed by atoms with Crippen LogP contribution in [0.3, 0.4) is 0 Å². The molecule has 2 aromatic rings. The third-order valence-corrected chi connectivity index (χ3v) is 4.87. The van der Waals surface area contributed by atoms with Gasteiger partial charge in [-0.1, -0.05) is 23.0 Å². The lowest BCUT2D eigenvalue weighted by molar-refractivity contribution is -0.310. The molecule has 1 aromatic carbocycles. The van der Waals surface area contributed by atoms with Gasteiger partial charge in [-0.05, 0) is 11.3 Å². The smallest absolute Gasteiger partial charge is 0.303 e. The second-order valence-electron chi connectivity index (χ2n) is 7.77. The van der Waals surface area contributed by atoms with Crippen molar-refractivity contribution in [3.05, 3.63) is 30.5 Å². The van der Waals surface area contributed by atoms with Crippen LogP contribution in [0.25, 0.3) is 11.3 Å². The number of aromatic nitrogens is 3. The Morgan fingerprint density at radius 1 is 0.917 bits per heavy atom. The van der Waals surface area contributed by atoms with Gasteiger partial charge in [-0.3, -0.25) is 19.2 Å². The highest BCUT2D eigenvalue weighted by Gasteiger charge is 2.53. The predicted octanol–water partition coefficient (Wildman–Crippen LogP) is 0.0390. The maximum atomic E-state index is 11.9. The molecule has 0 aliphatic carbocycles. The number of para-hydroxylation sites is 1. The van der Waals surface area contributed by atoms with Crippen molar-refractivity contribution in [2.24, 2.45) is 0 Å². The number of nitrogens with zero attached hydrogens (tertiary/aromatic N) is 3. The molecule has 1 fully saturated rings. The van der Waals surface area contributed by atoms with Crippen LogP contribution in [0.1, 0.15) is 27.7 Å². The van der Waals surface area contributed by atoms with E-state index in [1.165, 1.54) is 13.1 Å². The summed E-state index contributed by atoms with van der Waals surface area (Å²) in [6, 6.07) is 6.95. The molecule has 2 heterocycles. The molecule has 14 heteroatoms.